The number of carbonyl (C=O) groups is 1. The molecule has 17 heavy (non-hydrogen) atoms. The van der Waals surface area contributed by atoms with Crippen LogP contribution in [-0.4, -0.2) is 17.9 Å². The number of ketones is 1. The first kappa shape index (κ1) is 16.3. The molecule has 1 rings (SSSR count). The second kappa shape index (κ2) is 7.62. The van der Waals surface area contributed by atoms with Gasteiger partial charge in [0.2, 0.25) is 0 Å². The van der Waals surface area contributed by atoms with Gasteiger partial charge in [-0.2, -0.15) is 11.3 Å². The van der Waals surface area contributed by atoms with Crippen molar-refractivity contribution in [1.29, 1.82) is 0 Å². The summed E-state index contributed by atoms with van der Waals surface area (Å²) < 4.78 is 0. The minimum Gasteiger partial charge on any atom is -0.305 e. The van der Waals surface area contributed by atoms with E-state index in [4.69, 9.17) is 0 Å². The Bertz CT molecular complexity index is 317. The van der Waals surface area contributed by atoms with Crippen molar-refractivity contribution in [2.24, 2.45) is 5.92 Å². The lowest BCUT2D eigenvalue weighted by atomic mass is 9.96. The molecule has 0 aliphatic heterocycles. The van der Waals surface area contributed by atoms with Crippen LogP contribution in [0.3, 0.4) is 0 Å². The third-order valence-corrected chi connectivity index (χ3v) is 3.20. The molecule has 0 aliphatic carbocycles. The summed E-state index contributed by atoms with van der Waals surface area (Å²) in [6.07, 6.45) is 0.804. The number of Topliss-reactive ketones (excluding diaryl/α,β-unsaturated/α-hetero) is 1. The summed E-state index contributed by atoms with van der Waals surface area (Å²) in [6, 6.07) is 2.38. The van der Waals surface area contributed by atoms with Gasteiger partial charge in [-0.15, -0.1) is 0 Å². The Morgan fingerprint density at radius 2 is 2.00 bits per heavy atom. The fraction of sp³-hybridized carbons (Fsp3) is 0.643. The molecule has 0 spiro atoms. The number of nitrogens with one attached hydrogen (secondary N) is 1. The molecule has 3 heteroatoms. The highest BCUT2D eigenvalue weighted by Gasteiger charge is 2.21. The van der Waals surface area contributed by atoms with E-state index in [0.717, 1.165) is 6.42 Å². The minimum absolute atomic E-state index is 0. The third kappa shape index (κ3) is 5.46. The molecule has 1 atom stereocenters. The second-order valence-electron chi connectivity index (χ2n) is 4.77. The van der Waals surface area contributed by atoms with Gasteiger partial charge in [-0.3, -0.25) is 4.79 Å². The zero-order valence-corrected chi connectivity index (χ0v) is 11.3. The monoisotopic (exact) mass is 255 g/mol. The molecule has 0 amide bonds. The Morgan fingerprint density at radius 3 is 2.41 bits per heavy atom. The average Bonchev–Trinajstić information content (AvgIpc) is 2.67. The molecule has 0 aromatic carbocycles. The highest BCUT2D eigenvalue weighted by Crippen LogP contribution is 2.12. The highest BCUT2D eigenvalue weighted by molar-refractivity contribution is 7.07. The zero-order valence-electron chi connectivity index (χ0n) is 10.5. The lowest BCUT2D eigenvalue weighted by Crippen LogP contribution is -2.44. The number of rotatable bonds is 6. The predicted molar refractivity (Wildman–Crippen MR) is 76.7 cm³/mol. The molecule has 1 aromatic heterocycles. The molecule has 0 bridgehead atoms. The molecule has 1 heterocycles. The molecule has 0 saturated heterocycles. The molecule has 0 radical (unpaired) electrons. The van der Waals surface area contributed by atoms with E-state index in [1.807, 2.05) is 13.8 Å². The fourth-order valence-electron chi connectivity index (χ4n) is 1.69. The average molecular weight is 255 g/mol. The molecule has 0 fully saturated rings. The summed E-state index contributed by atoms with van der Waals surface area (Å²) in [5, 5.41) is 7.53. The lowest BCUT2D eigenvalue weighted by molar-refractivity contribution is -0.124. The Morgan fingerprint density at radius 1 is 1.35 bits per heavy atom. The first-order valence-electron chi connectivity index (χ1n) is 5.81. The van der Waals surface area contributed by atoms with Crippen molar-refractivity contribution in [2.45, 2.75) is 53.6 Å². The van der Waals surface area contributed by atoms with Crippen molar-refractivity contribution in [3.8, 4) is 0 Å². The summed E-state index contributed by atoms with van der Waals surface area (Å²) in [5.74, 6) is 0.398. The van der Waals surface area contributed by atoms with E-state index in [2.05, 4.69) is 36.0 Å². The molecule has 2 nitrogen and oxygen atoms in total. The van der Waals surface area contributed by atoms with Gasteiger partial charge in [0, 0.05) is 12.0 Å². The minimum atomic E-state index is -0.0467. The van der Waals surface area contributed by atoms with Gasteiger partial charge < -0.3 is 5.32 Å². The SMILES string of the molecule is C.CC(C)NC(Cc1ccsc1)C(=O)C(C)C. The molecule has 0 aliphatic rings. The lowest BCUT2D eigenvalue weighted by Gasteiger charge is -2.21. The van der Waals surface area contributed by atoms with Gasteiger partial charge in [-0.05, 0) is 28.8 Å². The Kier molecular flexibility index (Phi) is 7.32. The predicted octanol–water partition coefficient (Wildman–Crippen LogP) is 3.52. The zero-order chi connectivity index (χ0) is 12.1. The molecular weight excluding hydrogens is 230 g/mol. The standard InChI is InChI=1S/C13H21NOS.CH4/c1-9(2)13(15)12(14-10(3)4)7-11-5-6-16-8-11;/h5-6,8-10,12,14H,7H2,1-4H3;1H4. The summed E-state index contributed by atoms with van der Waals surface area (Å²) in [6.45, 7) is 8.08. The van der Waals surface area contributed by atoms with Crippen molar-refractivity contribution in [1.82, 2.24) is 5.32 Å². The van der Waals surface area contributed by atoms with E-state index in [0.29, 0.717) is 11.8 Å². The van der Waals surface area contributed by atoms with Crippen LogP contribution >= 0.6 is 11.3 Å². The summed E-state index contributed by atoms with van der Waals surface area (Å²) in [5.41, 5.74) is 1.25. The molecule has 1 N–H and O–H groups in total. The smallest absolute Gasteiger partial charge is 0.152 e. The normalized spacial score (nSPS) is 12.6. The van der Waals surface area contributed by atoms with Crippen LogP contribution in [0.15, 0.2) is 16.8 Å². The van der Waals surface area contributed by atoms with E-state index >= 15 is 0 Å². The van der Waals surface area contributed by atoms with E-state index in [1.54, 1.807) is 11.3 Å². The summed E-state index contributed by atoms with van der Waals surface area (Å²) >= 11 is 1.68. The number of hydrogen-bond acceptors (Lipinski definition) is 3. The quantitative estimate of drug-likeness (QED) is 0.842. The Hall–Kier alpha value is -0.670. The van der Waals surface area contributed by atoms with Gasteiger partial charge in [0.15, 0.2) is 5.78 Å². The van der Waals surface area contributed by atoms with Gasteiger partial charge in [-0.25, -0.2) is 0 Å². The van der Waals surface area contributed by atoms with Crippen molar-refractivity contribution < 1.29 is 4.79 Å². The van der Waals surface area contributed by atoms with Crippen molar-refractivity contribution in [3.05, 3.63) is 22.4 Å². The van der Waals surface area contributed by atoms with E-state index in [9.17, 15) is 4.79 Å². The number of carbonyl (C=O) groups excluding carboxylic acids is 1. The van der Waals surface area contributed by atoms with Crippen LogP contribution in [0.25, 0.3) is 0 Å². The summed E-state index contributed by atoms with van der Waals surface area (Å²) in [4.78, 5) is 12.0. The first-order valence-corrected chi connectivity index (χ1v) is 6.75. The van der Waals surface area contributed by atoms with Gasteiger partial charge in [0.05, 0.1) is 6.04 Å². The maximum absolute atomic E-state index is 12.0. The van der Waals surface area contributed by atoms with Gasteiger partial charge >= 0.3 is 0 Å². The van der Waals surface area contributed by atoms with Crippen LogP contribution in [0.2, 0.25) is 0 Å². The largest absolute Gasteiger partial charge is 0.305 e. The second-order valence-corrected chi connectivity index (χ2v) is 5.55. The van der Waals surface area contributed by atoms with Crippen molar-refractivity contribution >= 4 is 17.1 Å². The van der Waals surface area contributed by atoms with Crippen LogP contribution in [0.4, 0.5) is 0 Å². The van der Waals surface area contributed by atoms with E-state index in [-0.39, 0.29) is 19.4 Å². The van der Waals surface area contributed by atoms with Crippen LogP contribution in [0, 0.1) is 5.92 Å². The first-order chi connectivity index (χ1) is 7.50. The van der Waals surface area contributed by atoms with Crippen LogP contribution in [0.1, 0.15) is 40.7 Å². The number of thiophene rings is 1. The van der Waals surface area contributed by atoms with E-state index < -0.39 is 0 Å². The van der Waals surface area contributed by atoms with E-state index in [1.165, 1.54) is 5.56 Å². The Labute approximate surface area is 109 Å². The number of hydrogen-bond donors (Lipinski definition) is 1. The van der Waals surface area contributed by atoms with Crippen molar-refractivity contribution in [3.63, 3.8) is 0 Å². The van der Waals surface area contributed by atoms with Gasteiger partial charge in [-0.1, -0.05) is 35.1 Å². The maximum Gasteiger partial charge on any atom is 0.152 e. The highest BCUT2D eigenvalue weighted by atomic mass is 32.1. The molecule has 0 saturated carbocycles. The van der Waals surface area contributed by atoms with Crippen molar-refractivity contribution in [2.75, 3.05) is 0 Å². The third-order valence-electron chi connectivity index (χ3n) is 2.47. The van der Waals surface area contributed by atoms with Gasteiger partial charge in [0.1, 0.15) is 0 Å². The fourth-order valence-corrected chi connectivity index (χ4v) is 2.37. The Balaban J connectivity index is 0.00000256. The van der Waals surface area contributed by atoms with Crippen LogP contribution < -0.4 is 5.32 Å². The van der Waals surface area contributed by atoms with Gasteiger partial charge in [0.25, 0.3) is 0 Å². The molecule has 1 unspecified atom stereocenters. The maximum atomic E-state index is 12.0. The topological polar surface area (TPSA) is 29.1 Å². The molecule has 98 valence electrons. The molecular formula is C14H25NOS. The summed E-state index contributed by atoms with van der Waals surface area (Å²) in [7, 11) is 0. The van der Waals surface area contributed by atoms with Crippen LogP contribution in [0.5, 0.6) is 0 Å². The molecule has 1 aromatic rings. The van der Waals surface area contributed by atoms with Crippen LogP contribution in [-0.2, 0) is 11.2 Å².